The summed E-state index contributed by atoms with van der Waals surface area (Å²) in [4.78, 5) is 12.4. The monoisotopic (exact) mass is 379 g/mol. The molecule has 0 aliphatic carbocycles. The van der Waals surface area contributed by atoms with Crippen LogP contribution in [0.25, 0.3) is 11.3 Å². The van der Waals surface area contributed by atoms with Crippen LogP contribution in [0.2, 0.25) is 0 Å². The lowest BCUT2D eigenvalue weighted by Gasteiger charge is -1.99. The molecule has 2 heterocycles. The van der Waals surface area contributed by atoms with Crippen LogP contribution >= 0.6 is 11.3 Å². The highest BCUT2D eigenvalue weighted by Crippen LogP contribution is 2.25. The van der Waals surface area contributed by atoms with Gasteiger partial charge in [0.15, 0.2) is 5.76 Å². The van der Waals surface area contributed by atoms with Gasteiger partial charge in [0.2, 0.25) is 5.13 Å². The van der Waals surface area contributed by atoms with Gasteiger partial charge in [0.05, 0.1) is 5.56 Å². The molecule has 0 fully saturated rings. The van der Waals surface area contributed by atoms with Gasteiger partial charge in [-0.3, -0.25) is 10.1 Å². The van der Waals surface area contributed by atoms with Crippen molar-refractivity contribution in [2.45, 2.75) is 6.42 Å². The van der Waals surface area contributed by atoms with E-state index in [0.717, 1.165) is 10.6 Å². The molecule has 134 valence electrons. The molecule has 0 saturated heterocycles. The Morgan fingerprint density at radius 1 is 1.00 bits per heavy atom. The second-order valence-electron chi connectivity index (χ2n) is 5.76. The van der Waals surface area contributed by atoms with E-state index < -0.39 is 11.7 Å². The van der Waals surface area contributed by atoms with Crippen LogP contribution in [-0.2, 0) is 6.42 Å². The van der Waals surface area contributed by atoms with E-state index in [1.807, 2.05) is 30.3 Å². The Morgan fingerprint density at radius 2 is 1.78 bits per heavy atom. The molecule has 0 unspecified atom stereocenters. The van der Waals surface area contributed by atoms with Crippen LogP contribution in [0.5, 0.6) is 0 Å². The minimum atomic E-state index is -0.458. The SMILES string of the molecule is O=C(Nc1nnc(Cc2ccccc2)s1)c1ccc(-c2ccccc2F)o1. The Labute approximate surface area is 158 Å². The summed E-state index contributed by atoms with van der Waals surface area (Å²) in [5.74, 6) is -0.498. The number of hydrogen-bond donors (Lipinski definition) is 1. The molecule has 1 amide bonds. The highest BCUT2D eigenvalue weighted by molar-refractivity contribution is 7.15. The number of carbonyl (C=O) groups is 1. The minimum absolute atomic E-state index is 0.0769. The first-order valence-corrected chi connectivity index (χ1v) is 9.03. The van der Waals surface area contributed by atoms with Crippen LogP contribution in [-0.4, -0.2) is 16.1 Å². The maximum Gasteiger partial charge on any atom is 0.293 e. The van der Waals surface area contributed by atoms with Gasteiger partial charge >= 0.3 is 0 Å². The van der Waals surface area contributed by atoms with Crippen molar-refractivity contribution in [1.29, 1.82) is 0 Å². The molecule has 0 bridgehead atoms. The number of benzene rings is 2. The van der Waals surface area contributed by atoms with Gasteiger partial charge in [0.25, 0.3) is 5.91 Å². The van der Waals surface area contributed by atoms with Crippen molar-refractivity contribution in [3.63, 3.8) is 0 Å². The molecule has 7 heteroatoms. The molecule has 2 aromatic carbocycles. The van der Waals surface area contributed by atoms with Gasteiger partial charge in [-0.05, 0) is 29.8 Å². The molecule has 27 heavy (non-hydrogen) atoms. The van der Waals surface area contributed by atoms with Crippen molar-refractivity contribution in [3.05, 3.63) is 88.9 Å². The second kappa shape index (κ2) is 7.51. The Morgan fingerprint density at radius 3 is 2.59 bits per heavy atom. The molecule has 1 N–H and O–H groups in total. The minimum Gasteiger partial charge on any atom is -0.451 e. The molecular formula is C20H14FN3O2S. The topological polar surface area (TPSA) is 68.0 Å². The van der Waals surface area contributed by atoms with Gasteiger partial charge in [-0.15, -0.1) is 10.2 Å². The van der Waals surface area contributed by atoms with Crippen LogP contribution < -0.4 is 5.32 Å². The molecule has 0 spiro atoms. The lowest BCUT2D eigenvalue weighted by molar-refractivity contribution is 0.0997. The fraction of sp³-hybridized carbons (Fsp3) is 0.0500. The Hall–Kier alpha value is -3.32. The number of halogens is 1. The molecule has 0 saturated carbocycles. The molecule has 0 atom stereocenters. The van der Waals surface area contributed by atoms with E-state index in [0.29, 0.717) is 22.9 Å². The number of furan rings is 1. The number of anilines is 1. The van der Waals surface area contributed by atoms with E-state index in [-0.39, 0.29) is 5.76 Å². The van der Waals surface area contributed by atoms with Crippen molar-refractivity contribution in [2.75, 3.05) is 5.32 Å². The number of carbonyl (C=O) groups excluding carboxylic acids is 1. The maximum absolute atomic E-state index is 13.8. The van der Waals surface area contributed by atoms with Crippen molar-refractivity contribution in [1.82, 2.24) is 10.2 Å². The van der Waals surface area contributed by atoms with Crippen LogP contribution in [0.3, 0.4) is 0 Å². The van der Waals surface area contributed by atoms with Crippen LogP contribution in [0.15, 0.2) is 71.1 Å². The lowest BCUT2D eigenvalue weighted by atomic mass is 10.1. The summed E-state index contributed by atoms with van der Waals surface area (Å²) in [6, 6.07) is 19.2. The summed E-state index contributed by atoms with van der Waals surface area (Å²) in [6.45, 7) is 0. The molecular weight excluding hydrogens is 365 g/mol. The zero-order chi connectivity index (χ0) is 18.6. The van der Waals surface area contributed by atoms with E-state index in [1.165, 1.54) is 23.5 Å². The molecule has 4 aromatic rings. The summed E-state index contributed by atoms with van der Waals surface area (Å²) in [5.41, 5.74) is 1.42. The van der Waals surface area contributed by atoms with E-state index in [2.05, 4.69) is 15.5 Å². The van der Waals surface area contributed by atoms with E-state index in [1.54, 1.807) is 24.3 Å². The van der Waals surface area contributed by atoms with Crippen molar-refractivity contribution in [2.24, 2.45) is 0 Å². The number of rotatable bonds is 5. The number of hydrogen-bond acceptors (Lipinski definition) is 5. The number of amides is 1. The standard InChI is InChI=1S/C20H14FN3O2S/c21-15-9-5-4-8-14(15)16-10-11-17(26-16)19(25)22-20-24-23-18(27-20)12-13-6-2-1-3-7-13/h1-11H,12H2,(H,22,24,25). The molecule has 0 aliphatic heterocycles. The van der Waals surface area contributed by atoms with E-state index in [4.69, 9.17) is 4.42 Å². The molecule has 0 radical (unpaired) electrons. The molecule has 0 aliphatic rings. The number of nitrogens with zero attached hydrogens (tertiary/aromatic N) is 2. The zero-order valence-corrected chi connectivity index (χ0v) is 14.9. The average Bonchev–Trinajstić information content (AvgIpc) is 3.33. The zero-order valence-electron chi connectivity index (χ0n) is 14.1. The predicted octanol–water partition coefficient (Wildman–Crippen LogP) is 4.78. The van der Waals surface area contributed by atoms with Crippen LogP contribution in [0, 0.1) is 5.82 Å². The van der Waals surface area contributed by atoms with Gasteiger partial charge in [0.1, 0.15) is 16.6 Å². The summed E-state index contributed by atoms with van der Waals surface area (Å²) in [6.07, 6.45) is 0.645. The largest absolute Gasteiger partial charge is 0.451 e. The predicted molar refractivity (Wildman–Crippen MR) is 101 cm³/mol. The Kier molecular flexibility index (Phi) is 4.76. The van der Waals surface area contributed by atoms with Crippen molar-refractivity contribution < 1.29 is 13.6 Å². The summed E-state index contributed by atoms with van der Waals surface area (Å²) >= 11 is 1.30. The third kappa shape index (κ3) is 3.93. The first-order valence-electron chi connectivity index (χ1n) is 8.21. The van der Waals surface area contributed by atoms with E-state index in [9.17, 15) is 9.18 Å². The van der Waals surface area contributed by atoms with Gasteiger partial charge in [-0.1, -0.05) is 53.8 Å². The summed E-state index contributed by atoms with van der Waals surface area (Å²) in [7, 11) is 0. The molecule has 4 rings (SSSR count). The van der Waals surface area contributed by atoms with Crippen LogP contribution in [0.1, 0.15) is 21.1 Å². The summed E-state index contributed by atoms with van der Waals surface area (Å²) in [5, 5.41) is 11.9. The third-order valence-electron chi connectivity index (χ3n) is 3.85. The first-order chi connectivity index (χ1) is 13.2. The Balaban J connectivity index is 1.45. The quantitative estimate of drug-likeness (QED) is 0.542. The second-order valence-corrected chi connectivity index (χ2v) is 6.82. The summed E-state index contributed by atoms with van der Waals surface area (Å²) < 4.78 is 19.3. The highest BCUT2D eigenvalue weighted by atomic mass is 32.1. The van der Waals surface area contributed by atoms with Crippen LogP contribution in [0.4, 0.5) is 9.52 Å². The average molecular weight is 379 g/mol. The van der Waals surface area contributed by atoms with E-state index >= 15 is 0 Å². The fourth-order valence-electron chi connectivity index (χ4n) is 2.57. The first kappa shape index (κ1) is 17.1. The third-order valence-corrected chi connectivity index (χ3v) is 4.69. The normalized spacial score (nSPS) is 10.7. The highest BCUT2D eigenvalue weighted by Gasteiger charge is 2.16. The van der Waals surface area contributed by atoms with Crippen molar-refractivity contribution in [3.8, 4) is 11.3 Å². The molecule has 5 nitrogen and oxygen atoms in total. The fourth-order valence-corrected chi connectivity index (χ4v) is 3.34. The maximum atomic E-state index is 13.8. The van der Waals surface area contributed by atoms with Gasteiger partial charge < -0.3 is 4.42 Å². The lowest BCUT2D eigenvalue weighted by Crippen LogP contribution is -2.10. The van der Waals surface area contributed by atoms with Gasteiger partial charge in [-0.2, -0.15) is 0 Å². The number of nitrogens with one attached hydrogen (secondary N) is 1. The molecule has 2 aromatic heterocycles. The van der Waals surface area contributed by atoms with Gasteiger partial charge in [0, 0.05) is 6.42 Å². The van der Waals surface area contributed by atoms with Crippen molar-refractivity contribution >= 4 is 22.4 Å². The smallest absolute Gasteiger partial charge is 0.293 e. The number of aromatic nitrogens is 2. The van der Waals surface area contributed by atoms with Gasteiger partial charge in [-0.25, -0.2) is 4.39 Å². The Bertz CT molecular complexity index is 1080.